The number of aryl methyl sites for hydroxylation is 1. The molecular formula is C13H14BrN5O2S. The highest BCUT2D eigenvalue weighted by Crippen LogP contribution is 2.19. The molecule has 0 fully saturated rings. The molecule has 0 radical (unpaired) electrons. The van der Waals surface area contributed by atoms with Crippen LogP contribution < -0.4 is 10.6 Å². The van der Waals surface area contributed by atoms with Gasteiger partial charge in [0.05, 0.1) is 12.3 Å². The second kappa shape index (κ2) is 7.95. The number of aromatic nitrogens is 3. The molecule has 0 saturated heterocycles. The van der Waals surface area contributed by atoms with E-state index in [1.54, 1.807) is 6.07 Å². The molecule has 0 aliphatic rings. The van der Waals surface area contributed by atoms with E-state index in [0.717, 1.165) is 15.7 Å². The highest BCUT2D eigenvalue weighted by Gasteiger charge is 2.08. The Bertz CT molecular complexity index is 662. The smallest absolute Gasteiger partial charge is 0.243 e. The summed E-state index contributed by atoms with van der Waals surface area (Å²) in [6, 6.07) is 5.55. The van der Waals surface area contributed by atoms with Crippen LogP contribution in [0, 0.1) is 6.92 Å². The van der Waals surface area contributed by atoms with Crippen LogP contribution in [0.5, 0.6) is 0 Å². The van der Waals surface area contributed by atoms with E-state index in [4.69, 9.17) is 0 Å². The van der Waals surface area contributed by atoms with Gasteiger partial charge < -0.3 is 10.6 Å². The Balaban J connectivity index is 1.74. The topological polar surface area (TPSA) is 99.8 Å². The Morgan fingerprint density at radius 2 is 2.18 bits per heavy atom. The molecule has 0 unspecified atom stereocenters. The quantitative estimate of drug-likeness (QED) is 0.659. The number of aromatic amines is 1. The molecule has 0 bridgehead atoms. The van der Waals surface area contributed by atoms with Gasteiger partial charge in [-0.15, -0.1) is 0 Å². The van der Waals surface area contributed by atoms with Crippen molar-refractivity contribution in [3.8, 4) is 0 Å². The summed E-state index contributed by atoms with van der Waals surface area (Å²) >= 11 is 4.58. The first-order chi connectivity index (χ1) is 10.5. The third kappa shape index (κ3) is 5.15. The first-order valence-electron chi connectivity index (χ1n) is 6.35. The standard InChI is InChI=1S/C13H14BrN5O2S/c1-8-4-9(14)2-3-10(8)18-11(20)5-15-12(21)6-22-13-16-7-17-19-13/h2-4,7H,5-6H2,1H3,(H,15,21)(H,18,20)(H,16,17,19). The average molecular weight is 384 g/mol. The van der Waals surface area contributed by atoms with E-state index in [-0.39, 0.29) is 24.1 Å². The lowest BCUT2D eigenvalue weighted by molar-refractivity contribution is -0.122. The molecule has 2 rings (SSSR count). The fraction of sp³-hybridized carbons (Fsp3) is 0.231. The van der Waals surface area contributed by atoms with Gasteiger partial charge in [0.1, 0.15) is 6.33 Å². The number of hydrogen-bond donors (Lipinski definition) is 3. The number of nitrogens with zero attached hydrogens (tertiary/aromatic N) is 2. The highest BCUT2D eigenvalue weighted by molar-refractivity contribution is 9.10. The van der Waals surface area contributed by atoms with Gasteiger partial charge >= 0.3 is 0 Å². The van der Waals surface area contributed by atoms with Crippen LogP contribution >= 0.6 is 27.7 Å². The minimum atomic E-state index is -0.275. The van der Waals surface area contributed by atoms with Crippen molar-refractivity contribution in [3.05, 3.63) is 34.6 Å². The van der Waals surface area contributed by atoms with Gasteiger partial charge in [0, 0.05) is 10.2 Å². The predicted molar refractivity (Wildman–Crippen MR) is 87.6 cm³/mol. The van der Waals surface area contributed by atoms with Crippen molar-refractivity contribution in [2.24, 2.45) is 0 Å². The van der Waals surface area contributed by atoms with Gasteiger partial charge in [-0.3, -0.25) is 14.7 Å². The SMILES string of the molecule is Cc1cc(Br)ccc1NC(=O)CNC(=O)CSc1ncn[nH]1. The highest BCUT2D eigenvalue weighted by atomic mass is 79.9. The minimum Gasteiger partial charge on any atom is -0.346 e. The largest absolute Gasteiger partial charge is 0.346 e. The number of carbonyl (C=O) groups is 2. The molecule has 22 heavy (non-hydrogen) atoms. The fourth-order valence-corrected chi connectivity index (χ4v) is 2.67. The zero-order valence-electron chi connectivity index (χ0n) is 11.7. The number of rotatable bonds is 6. The number of halogens is 1. The van der Waals surface area contributed by atoms with Crippen LogP contribution in [0.4, 0.5) is 5.69 Å². The fourth-order valence-electron chi connectivity index (χ4n) is 1.59. The van der Waals surface area contributed by atoms with Gasteiger partial charge in [0.15, 0.2) is 5.16 Å². The Morgan fingerprint density at radius 1 is 1.36 bits per heavy atom. The molecule has 0 aliphatic carbocycles. The Labute approximate surface area is 139 Å². The average Bonchev–Trinajstić information content (AvgIpc) is 2.99. The first kappa shape index (κ1) is 16.5. The summed E-state index contributed by atoms with van der Waals surface area (Å²) in [5, 5.41) is 12.2. The van der Waals surface area contributed by atoms with E-state index < -0.39 is 0 Å². The summed E-state index contributed by atoms with van der Waals surface area (Å²) in [6.45, 7) is 1.82. The van der Waals surface area contributed by atoms with Gasteiger partial charge in [-0.1, -0.05) is 27.7 Å². The van der Waals surface area contributed by atoms with Crippen LogP contribution in [0.15, 0.2) is 34.2 Å². The van der Waals surface area contributed by atoms with Crippen LogP contribution in [0.25, 0.3) is 0 Å². The van der Waals surface area contributed by atoms with Crippen molar-refractivity contribution in [2.75, 3.05) is 17.6 Å². The van der Waals surface area contributed by atoms with E-state index in [1.807, 2.05) is 19.1 Å². The van der Waals surface area contributed by atoms with Crippen molar-refractivity contribution in [3.63, 3.8) is 0 Å². The van der Waals surface area contributed by atoms with Crippen molar-refractivity contribution in [2.45, 2.75) is 12.1 Å². The van der Waals surface area contributed by atoms with E-state index in [1.165, 1.54) is 18.1 Å². The lowest BCUT2D eigenvalue weighted by atomic mass is 10.2. The summed E-state index contributed by atoms with van der Waals surface area (Å²) in [5.41, 5.74) is 1.66. The summed E-state index contributed by atoms with van der Waals surface area (Å²) in [6.07, 6.45) is 1.37. The number of nitrogens with one attached hydrogen (secondary N) is 3. The number of hydrogen-bond acceptors (Lipinski definition) is 5. The molecule has 2 amide bonds. The van der Waals surface area contributed by atoms with Gasteiger partial charge in [-0.2, -0.15) is 5.10 Å². The molecule has 116 valence electrons. The molecule has 0 aliphatic heterocycles. The van der Waals surface area contributed by atoms with E-state index in [2.05, 4.69) is 41.7 Å². The lowest BCUT2D eigenvalue weighted by Gasteiger charge is -2.09. The maximum absolute atomic E-state index is 11.8. The Morgan fingerprint density at radius 3 is 2.86 bits per heavy atom. The number of thioether (sulfide) groups is 1. The minimum absolute atomic E-state index is 0.0781. The summed E-state index contributed by atoms with van der Waals surface area (Å²) in [4.78, 5) is 27.3. The predicted octanol–water partition coefficient (Wildman–Crippen LogP) is 1.72. The van der Waals surface area contributed by atoms with Crippen LogP contribution in [-0.4, -0.2) is 39.3 Å². The molecule has 0 atom stereocenters. The van der Waals surface area contributed by atoms with Crippen LogP contribution in [0.3, 0.4) is 0 Å². The molecule has 7 nitrogen and oxygen atoms in total. The van der Waals surface area contributed by atoms with Gasteiger partial charge in [-0.05, 0) is 30.7 Å². The normalized spacial score (nSPS) is 10.3. The molecule has 1 aromatic carbocycles. The van der Waals surface area contributed by atoms with Crippen molar-refractivity contribution in [1.82, 2.24) is 20.5 Å². The van der Waals surface area contributed by atoms with Crippen LogP contribution in [-0.2, 0) is 9.59 Å². The molecule has 1 heterocycles. The summed E-state index contributed by atoms with van der Waals surface area (Å²) in [7, 11) is 0. The van der Waals surface area contributed by atoms with Crippen LogP contribution in [0.2, 0.25) is 0 Å². The number of amides is 2. The number of benzene rings is 1. The summed E-state index contributed by atoms with van der Waals surface area (Å²) < 4.78 is 0.945. The molecular weight excluding hydrogens is 370 g/mol. The number of H-pyrrole nitrogens is 1. The van der Waals surface area contributed by atoms with E-state index in [9.17, 15) is 9.59 Å². The van der Waals surface area contributed by atoms with Crippen LogP contribution in [0.1, 0.15) is 5.56 Å². The Hall–Kier alpha value is -1.87. The number of anilines is 1. The second-order valence-electron chi connectivity index (χ2n) is 4.36. The molecule has 9 heteroatoms. The third-order valence-electron chi connectivity index (χ3n) is 2.64. The van der Waals surface area contributed by atoms with Crippen molar-refractivity contribution >= 4 is 45.2 Å². The maximum Gasteiger partial charge on any atom is 0.243 e. The van der Waals surface area contributed by atoms with Gasteiger partial charge in [0.2, 0.25) is 11.8 Å². The molecule has 2 aromatic rings. The molecule has 0 spiro atoms. The lowest BCUT2D eigenvalue weighted by Crippen LogP contribution is -2.34. The van der Waals surface area contributed by atoms with Crippen molar-refractivity contribution < 1.29 is 9.59 Å². The Kier molecular flexibility index (Phi) is 5.96. The second-order valence-corrected chi connectivity index (χ2v) is 6.24. The maximum atomic E-state index is 11.8. The van der Waals surface area contributed by atoms with Gasteiger partial charge in [0.25, 0.3) is 0 Å². The molecule has 0 saturated carbocycles. The molecule has 3 N–H and O–H groups in total. The zero-order chi connectivity index (χ0) is 15.9. The van der Waals surface area contributed by atoms with Crippen molar-refractivity contribution in [1.29, 1.82) is 0 Å². The molecule has 1 aromatic heterocycles. The van der Waals surface area contributed by atoms with E-state index in [0.29, 0.717) is 5.16 Å². The summed E-state index contributed by atoms with van der Waals surface area (Å²) in [5.74, 6) is -0.354. The van der Waals surface area contributed by atoms with Gasteiger partial charge in [-0.25, -0.2) is 4.98 Å². The third-order valence-corrected chi connectivity index (χ3v) is 4.01. The zero-order valence-corrected chi connectivity index (χ0v) is 14.1. The number of carbonyl (C=O) groups excluding carboxylic acids is 2. The van der Waals surface area contributed by atoms with E-state index >= 15 is 0 Å². The monoisotopic (exact) mass is 383 g/mol. The first-order valence-corrected chi connectivity index (χ1v) is 8.13.